The Balaban J connectivity index is 2.91. The Bertz CT molecular complexity index is 458. The SMILES string of the molecule is CC(C)(C)OC(=O)Nc1ccc(Cl)cc1[C@@H](O)CN. The van der Waals surface area contributed by atoms with Gasteiger partial charge in [-0.1, -0.05) is 11.6 Å². The predicted molar refractivity (Wildman–Crippen MR) is 75.3 cm³/mol. The number of carbonyl (C=O) groups is 1. The quantitative estimate of drug-likeness (QED) is 0.797. The maximum Gasteiger partial charge on any atom is 0.412 e. The molecule has 0 heterocycles. The molecule has 1 amide bonds. The van der Waals surface area contributed by atoms with Crippen LogP contribution in [0.3, 0.4) is 0 Å². The maximum atomic E-state index is 11.7. The molecule has 0 spiro atoms. The summed E-state index contributed by atoms with van der Waals surface area (Å²) < 4.78 is 5.14. The highest BCUT2D eigenvalue weighted by Gasteiger charge is 2.19. The number of nitrogens with two attached hydrogens (primary N) is 1. The molecule has 1 aromatic rings. The molecule has 0 saturated heterocycles. The Morgan fingerprint density at radius 2 is 2.16 bits per heavy atom. The average molecular weight is 287 g/mol. The average Bonchev–Trinajstić information content (AvgIpc) is 2.28. The monoisotopic (exact) mass is 286 g/mol. The fourth-order valence-electron chi connectivity index (χ4n) is 1.46. The number of aliphatic hydroxyl groups excluding tert-OH is 1. The van der Waals surface area contributed by atoms with E-state index in [1.165, 1.54) is 0 Å². The Morgan fingerprint density at radius 1 is 1.53 bits per heavy atom. The van der Waals surface area contributed by atoms with Crippen LogP contribution in [0.2, 0.25) is 5.02 Å². The van der Waals surface area contributed by atoms with Gasteiger partial charge >= 0.3 is 6.09 Å². The van der Waals surface area contributed by atoms with Crippen molar-refractivity contribution >= 4 is 23.4 Å². The highest BCUT2D eigenvalue weighted by molar-refractivity contribution is 6.30. The number of benzene rings is 1. The molecule has 106 valence electrons. The van der Waals surface area contributed by atoms with Gasteiger partial charge in [-0.3, -0.25) is 5.32 Å². The molecule has 0 aliphatic heterocycles. The minimum Gasteiger partial charge on any atom is -0.444 e. The van der Waals surface area contributed by atoms with Crippen LogP contribution in [0.1, 0.15) is 32.4 Å². The number of nitrogens with one attached hydrogen (secondary N) is 1. The van der Waals surface area contributed by atoms with E-state index in [4.69, 9.17) is 22.1 Å². The van der Waals surface area contributed by atoms with Gasteiger partial charge in [-0.25, -0.2) is 4.79 Å². The molecule has 0 aliphatic rings. The molecule has 0 aromatic heterocycles. The normalized spacial score (nSPS) is 12.9. The standard InChI is InChI=1S/C13H19ClN2O3/c1-13(2,3)19-12(18)16-10-5-4-8(14)6-9(10)11(17)7-15/h4-6,11,17H,7,15H2,1-3H3,(H,16,18)/t11-/m0/s1. The molecule has 1 rings (SSSR count). The first-order chi connectivity index (χ1) is 8.73. The highest BCUT2D eigenvalue weighted by Crippen LogP contribution is 2.26. The molecule has 6 heteroatoms. The maximum absolute atomic E-state index is 11.7. The van der Waals surface area contributed by atoms with Crippen molar-refractivity contribution in [2.24, 2.45) is 5.73 Å². The molecule has 1 atom stereocenters. The lowest BCUT2D eigenvalue weighted by molar-refractivity contribution is 0.0635. The number of amides is 1. The molecule has 0 unspecified atom stereocenters. The van der Waals surface area contributed by atoms with Crippen molar-refractivity contribution in [3.63, 3.8) is 0 Å². The smallest absolute Gasteiger partial charge is 0.412 e. The first-order valence-corrected chi connectivity index (χ1v) is 6.28. The minimum absolute atomic E-state index is 0.0311. The number of hydrogen-bond donors (Lipinski definition) is 3. The van der Waals surface area contributed by atoms with E-state index in [9.17, 15) is 9.90 Å². The molecule has 0 fully saturated rings. The zero-order valence-corrected chi connectivity index (χ0v) is 12.0. The van der Waals surface area contributed by atoms with E-state index in [0.29, 0.717) is 16.3 Å². The highest BCUT2D eigenvalue weighted by atomic mass is 35.5. The van der Waals surface area contributed by atoms with E-state index in [-0.39, 0.29) is 6.54 Å². The third kappa shape index (κ3) is 5.06. The van der Waals surface area contributed by atoms with Gasteiger partial charge < -0.3 is 15.6 Å². The topological polar surface area (TPSA) is 84.6 Å². The van der Waals surface area contributed by atoms with Crippen molar-refractivity contribution in [2.75, 3.05) is 11.9 Å². The van der Waals surface area contributed by atoms with Crippen molar-refractivity contribution in [1.82, 2.24) is 0 Å². The summed E-state index contributed by atoms with van der Waals surface area (Å²) >= 11 is 5.87. The number of anilines is 1. The molecule has 19 heavy (non-hydrogen) atoms. The van der Waals surface area contributed by atoms with Gasteiger partial charge in [-0.15, -0.1) is 0 Å². The lowest BCUT2D eigenvalue weighted by Crippen LogP contribution is -2.28. The first-order valence-electron chi connectivity index (χ1n) is 5.90. The van der Waals surface area contributed by atoms with Crippen LogP contribution in [0.15, 0.2) is 18.2 Å². The van der Waals surface area contributed by atoms with Crippen LogP contribution < -0.4 is 11.1 Å². The molecule has 0 bridgehead atoms. The summed E-state index contributed by atoms with van der Waals surface area (Å²) in [6, 6.07) is 4.77. The fraction of sp³-hybridized carbons (Fsp3) is 0.462. The van der Waals surface area contributed by atoms with Crippen LogP contribution in [0.5, 0.6) is 0 Å². The van der Waals surface area contributed by atoms with Gasteiger partial charge in [-0.05, 0) is 39.0 Å². The van der Waals surface area contributed by atoms with Crippen molar-refractivity contribution in [2.45, 2.75) is 32.5 Å². The number of hydrogen-bond acceptors (Lipinski definition) is 4. The second-order valence-electron chi connectivity index (χ2n) is 5.11. The molecule has 5 nitrogen and oxygen atoms in total. The largest absolute Gasteiger partial charge is 0.444 e. The fourth-order valence-corrected chi connectivity index (χ4v) is 1.64. The zero-order chi connectivity index (χ0) is 14.6. The number of halogens is 1. The van der Waals surface area contributed by atoms with Crippen LogP contribution >= 0.6 is 11.6 Å². The van der Waals surface area contributed by atoms with Gasteiger partial charge in [0.25, 0.3) is 0 Å². The summed E-state index contributed by atoms with van der Waals surface area (Å²) in [6.45, 7) is 5.33. The number of carbonyl (C=O) groups excluding carboxylic acids is 1. The van der Waals surface area contributed by atoms with Gasteiger partial charge in [0.2, 0.25) is 0 Å². The van der Waals surface area contributed by atoms with E-state index >= 15 is 0 Å². The van der Waals surface area contributed by atoms with Crippen LogP contribution in [0.25, 0.3) is 0 Å². The number of aliphatic hydroxyl groups is 1. The van der Waals surface area contributed by atoms with E-state index in [0.717, 1.165) is 0 Å². The van der Waals surface area contributed by atoms with Crippen molar-refractivity contribution in [3.8, 4) is 0 Å². The molecule has 1 aromatic carbocycles. The van der Waals surface area contributed by atoms with Gasteiger partial charge in [0, 0.05) is 22.8 Å². The van der Waals surface area contributed by atoms with E-state index in [1.54, 1.807) is 39.0 Å². The van der Waals surface area contributed by atoms with E-state index in [2.05, 4.69) is 5.32 Å². The number of rotatable bonds is 3. The van der Waals surface area contributed by atoms with Crippen LogP contribution in [0, 0.1) is 0 Å². The van der Waals surface area contributed by atoms with Gasteiger partial charge in [-0.2, -0.15) is 0 Å². The van der Waals surface area contributed by atoms with Crippen molar-refractivity contribution in [3.05, 3.63) is 28.8 Å². The second-order valence-corrected chi connectivity index (χ2v) is 5.55. The van der Waals surface area contributed by atoms with Crippen LogP contribution in [-0.4, -0.2) is 23.3 Å². The Labute approximate surface area is 117 Å². The minimum atomic E-state index is -0.899. The van der Waals surface area contributed by atoms with Crippen LogP contribution in [-0.2, 0) is 4.74 Å². The van der Waals surface area contributed by atoms with E-state index < -0.39 is 17.8 Å². The van der Waals surface area contributed by atoms with Gasteiger partial charge in [0.15, 0.2) is 0 Å². The van der Waals surface area contributed by atoms with Gasteiger partial charge in [0.1, 0.15) is 5.60 Å². The third-order valence-electron chi connectivity index (χ3n) is 2.23. The van der Waals surface area contributed by atoms with Crippen molar-refractivity contribution in [1.29, 1.82) is 0 Å². The van der Waals surface area contributed by atoms with Crippen LogP contribution in [0.4, 0.5) is 10.5 Å². The molecular weight excluding hydrogens is 268 g/mol. The zero-order valence-electron chi connectivity index (χ0n) is 11.2. The number of ether oxygens (including phenoxy) is 1. The molecular formula is C13H19ClN2O3. The Morgan fingerprint density at radius 3 is 2.68 bits per heavy atom. The molecule has 0 saturated carbocycles. The predicted octanol–water partition coefficient (Wildman–Crippen LogP) is 2.68. The lowest BCUT2D eigenvalue weighted by Gasteiger charge is -2.21. The Kier molecular flexibility index (Phi) is 5.17. The summed E-state index contributed by atoms with van der Waals surface area (Å²) in [5.74, 6) is 0. The third-order valence-corrected chi connectivity index (χ3v) is 2.47. The van der Waals surface area contributed by atoms with Gasteiger partial charge in [0.05, 0.1) is 6.10 Å². The summed E-state index contributed by atoms with van der Waals surface area (Å²) in [5, 5.41) is 12.8. The lowest BCUT2D eigenvalue weighted by atomic mass is 10.1. The second kappa shape index (κ2) is 6.23. The summed E-state index contributed by atoms with van der Waals surface area (Å²) in [4.78, 5) is 11.7. The molecule has 0 aliphatic carbocycles. The first kappa shape index (κ1) is 15.8. The summed E-state index contributed by atoms with van der Waals surface area (Å²) in [6.07, 6.45) is -1.50. The Hall–Kier alpha value is -1.30. The van der Waals surface area contributed by atoms with Crippen molar-refractivity contribution < 1.29 is 14.6 Å². The summed E-state index contributed by atoms with van der Waals surface area (Å²) in [5.41, 5.74) is 5.71. The van der Waals surface area contributed by atoms with E-state index in [1.807, 2.05) is 0 Å². The summed E-state index contributed by atoms with van der Waals surface area (Å²) in [7, 11) is 0. The molecule has 4 N–H and O–H groups in total. The molecule has 0 radical (unpaired) electrons.